The first kappa shape index (κ1) is 12.3. The van der Waals surface area contributed by atoms with Crippen LogP contribution in [0, 0.1) is 6.07 Å². The Morgan fingerprint density at radius 2 is 2.08 bits per heavy atom. The molecular formula is C11H15Y-. The van der Waals surface area contributed by atoms with Crippen LogP contribution in [0.25, 0.3) is 0 Å². The van der Waals surface area contributed by atoms with E-state index in [0.29, 0.717) is 5.92 Å². The maximum atomic E-state index is 3.24. The third-order valence-electron chi connectivity index (χ3n) is 1.92. The summed E-state index contributed by atoms with van der Waals surface area (Å²) in [5, 5.41) is 0. The fourth-order valence-corrected chi connectivity index (χ4v) is 1.09. The number of aryl methyl sites for hydroxylation is 1. The minimum atomic E-state index is 0. The molecule has 0 spiro atoms. The van der Waals surface area contributed by atoms with E-state index in [1.54, 1.807) is 0 Å². The summed E-state index contributed by atoms with van der Waals surface area (Å²) in [6.07, 6.45) is 1.12. The molecule has 0 N–H and O–H groups in total. The van der Waals surface area contributed by atoms with Gasteiger partial charge in [0, 0.05) is 32.7 Å². The number of benzene rings is 1. The Labute approximate surface area is 101 Å². The number of hydrogen-bond donors (Lipinski definition) is 0. The van der Waals surface area contributed by atoms with E-state index >= 15 is 0 Å². The van der Waals surface area contributed by atoms with Gasteiger partial charge in [-0.15, -0.1) is 0 Å². The topological polar surface area (TPSA) is 0 Å². The van der Waals surface area contributed by atoms with E-state index in [0.717, 1.165) is 6.42 Å². The average molecular weight is 236 g/mol. The van der Waals surface area contributed by atoms with Gasteiger partial charge in [-0.05, 0) is 5.92 Å². The van der Waals surface area contributed by atoms with Crippen LogP contribution in [0.5, 0.6) is 0 Å². The van der Waals surface area contributed by atoms with Gasteiger partial charge in [0.15, 0.2) is 0 Å². The SMILES string of the molecule is CCc1cc[c-]c(C(C)C)c1.[Y]. The molecule has 0 aromatic heterocycles. The molecule has 0 fully saturated rings. The van der Waals surface area contributed by atoms with E-state index in [1.807, 2.05) is 6.07 Å². The molecule has 0 bridgehead atoms. The van der Waals surface area contributed by atoms with Crippen molar-refractivity contribution in [2.24, 2.45) is 0 Å². The minimum absolute atomic E-state index is 0. The molecule has 0 nitrogen and oxygen atoms in total. The standard InChI is InChI=1S/C11H15.Y/c1-4-10-6-5-7-11(8-10)9(2)3;/h5-6,8-9H,4H2,1-3H3;/q-1;. The molecule has 1 radical (unpaired) electrons. The molecule has 0 amide bonds. The minimum Gasteiger partial charge on any atom is -0.180 e. The normalized spacial score (nSPS) is 9.67. The molecule has 1 aromatic rings. The molecule has 1 rings (SSSR count). The summed E-state index contributed by atoms with van der Waals surface area (Å²) in [7, 11) is 0. The summed E-state index contributed by atoms with van der Waals surface area (Å²) in [6.45, 7) is 6.58. The van der Waals surface area contributed by atoms with Crippen molar-refractivity contribution in [3.63, 3.8) is 0 Å². The Hall–Kier alpha value is 0.324. The van der Waals surface area contributed by atoms with Crippen molar-refractivity contribution in [2.75, 3.05) is 0 Å². The average Bonchev–Trinajstić information content (AvgIpc) is 2.05. The quantitative estimate of drug-likeness (QED) is 0.692. The van der Waals surface area contributed by atoms with E-state index in [4.69, 9.17) is 0 Å². The molecular weight excluding hydrogens is 221 g/mol. The van der Waals surface area contributed by atoms with Gasteiger partial charge in [-0.1, -0.05) is 27.2 Å². The van der Waals surface area contributed by atoms with Gasteiger partial charge < -0.3 is 0 Å². The van der Waals surface area contributed by atoms with Crippen molar-refractivity contribution in [2.45, 2.75) is 33.1 Å². The first-order valence-corrected chi connectivity index (χ1v) is 4.24. The molecule has 0 saturated heterocycles. The summed E-state index contributed by atoms with van der Waals surface area (Å²) >= 11 is 0. The molecule has 12 heavy (non-hydrogen) atoms. The van der Waals surface area contributed by atoms with Gasteiger partial charge in [-0.2, -0.15) is 35.4 Å². The van der Waals surface area contributed by atoms with Crippen molar-refractivity contribution in [1.82, 2.24) is 0 Å². The van der Waals surface area contributed by atoms with Crippen molar-refractivity contribution in [3.05, 3.63) is 35.4 Å². The molecule has 0 unspecified atom stereocenters. The van der Waals surface area contributed by atoms with Crippen LogP contribution in [-0.4, -0.2) is 0 Å². The van der Waals surface area contributed by atoms with Crippen LogP contribution in [0.15, 0.2) is 18.2 Å². The zero-order chi connectivity index (χ0) is 8.27. The Bertz CT molecular complexity index is 228. The van der Waals surface area contributed by atoms with Gasteiger partial charge in [0.25, 0.3) is 0 Å². The van der Waals surface area contributed by atoms with Crippen molar-refractivity contribution in [1.29, 1.82) is 0 Å². The molecule has 1 aromatic carbocycles. The third kappa shape index (κ3) is 3.37. The van der Waals surface area contributed by atoms with Crippen molar-refractivity contribution >= 4 is 0 Å². The van der Waals surface area contributed by atoms with Crippen LogP contribution in [0.4, 0.5) is 0 Å². The summed E-state index contributed by atoms with van der Waals surface area (Å²) in [4.78, 5) is 0. The fourth-order valence-electron chi connectivity index (χ4n) is 1.09. The molecule has 0 aliphatic heterocycles. The van der Waals surface area contributed by atoms with Crippen LogP contribution < -0.4 is 0 Å². The Balaban J connectivity index is 0.00000121. The van der Waals surface area contributed by atoms with Crippen molar-refractivity contribution < 1.29 is 32.7 Å². The molecule has 0 aliphatic rings. The smallest absolute Gasteiger partial charge is 0 e. The maximum Gasteiger partial charge on any atom is 0 e. The Morgan fingerprint density at radius 3 is 2.58 bits per heavy atom. The molecule has 0 heterocycles. The third-order valence-corrected chi connectivity index (χ3v) is 1.92. The number of hydrogen-bond acceptors (Lipinski definition) is 0. The molecule has 0 saturated carbocycles. The second kappa shape index (κ2) is 5.88. The second-order valence-corrected chi connectivity index (χ2v) is 3.16. The molecule has 0 atom stereocenters. The Morgan fingerprint density at radius 1 is 1.42 bits per heavy atom. The first-order chi connectivity index (χ1) is 5.24. The summed E-state index contributed by atoms with van der Waals surface area (Å²) < 4.78 is 0. The maximum absolute atomic E-state index is 3.24. The summed E-state index contributed by atoms with van der Waals surface area (Å²) in [5.41, 5.74) is 2.73. The molecule has 0 aliphatic carbocycles. The zero-order valence-corrected chi connectivity index (χ0v) is 10.9. The van der Waals surface area contributed by atoms with Crippen LogP contribution in [0.3, 0.4) is 0 Å². The van der Waals surface area contributed by atoms with Gasteiger partial charge in [0.2, 0.25) is 0 Å². The largest absolute Gasteiger partial charge is 0.180 e. The number of rotatable bonds is 2. The van der Waals surface area contributed by atoms with Gasteiger partial charge in [0.05, 0.1) is 0 Å². The van der Waals surface area contributed by atoms with Crippen molar-refractivity contribution in [3.8, 4) is 0 Å². The fraction of sp³-hybridized carbons (Fsp3) is 0.455. The Kier molecular flexibility index (Phi) is 6.04. The first-order valence-electron chi connectivity index (χ1n) is 4.24. The van der Waals surface area contributed by atoms with E-state index in [2.05, 4.69) is 39.0 Å². The van der Waals surface area contributed by atoms with Crippen LogP contribution in [0.2, 0.25) is 0 Å². The van der Waals surface area contributed by atoms with E-state index in [1.165, 1.54) is 11.1 Å². The zero-order valence-electron chi connectivity index (χ0n) is 8.09. The van der Waals surface area contributed by atoms with Crippen LogP contribution in [0.1, 0.15) is 37.8 Å². The molecule has 1 heteroatoms. The van der Waals surface area contributed by atoms with Gasteiger partial charge in [-0.25, -0.2) is 0 Å². The van der Waals surface area contributed by atoms with Gasteiger partial charge >= 0.3 is 0 Å². The van der Waals surface area contributed by atoms with E-state index in [9.17, 15) is 0 Å². The van der Waals surface area contributed by atoms with E-state index < -0.39 is 0 Å². The summed E-state index contributed by atoms with van der Waals surface area (Å²) in [5.74, 6) is 0.599. The van der Waals surface area contributed by atoms with Crippen LogP contribution in [-0.2, 0) is 39.1 Å². The second-order valence-electron chi connectivity index (χ2n) is 3.16. The summed E-state index contributed by atoms with van der Waals surface area (Å²) in [6, 6.07) is 9.64. The van der Waals surface area contributed by atoms with Gasteiger partial charge in [0.1, 0.15) is 0 Å². The predicted octanol–water partition coefficient (Wildman–Crippen LogP) is 3.17. The van der Waals surface area contributed by atoms with Gasteiger partial charge in [-0.3, -0.25) is 0 Å². The predicted molar refractivity (Wildman–Crippen MR) is 48.7 cm³/mol. The molecule has 63 valence electrons. The monoisotopic (exact) mass is 236 g/mol. The van der Waals surface area contributed by atoms with E-state index in [-0.39, 0.29) is 32.7 Å². The van der Waals surface area contributed by atoms with Crippen LogP contribution >= 0.6 is 0 Å².